The van der Waals surface area contributed by atoms with Gasteiger partial charge in [-0.25, -0.2) is 4.98 Å². The lowest BCUT2D eigenvalue weighted by Gasteiger charge is -2.32. The van der Waals surface area contributed by atoms with Gasteiger partial charge in [-0.2, -0.15) is 0 Å². The zero-order chi connectivity index (χ0) is 17.4. The Bertz CT molecular complexity index is 783. The van der Waals surface area contributed by atoms with Gasteiger partial charge < -0.3 is 14.7 Å². The van der Waals surface area contributed by atoms with E-state index in [2.05, 4.69) is 48.0 Å². The van der Waals surface area contributed by atoms with Crippen molar-refractivity contribution < 1.29 is 4.79 Å². The molecule has 1 atom stereocenters. The van der Waals surface area contributed by atoms with Gasteiger partial charge in [-0.15, -0.1) is 0 Å². The summed E-state index contributed by atoms with van der Waals surface area (Å²) in [5.74, 6) is 0.896. The monoisotopic (exact) mass is 336 g/mol. The molecule has 5 heteroatoms. The number of amides is 1. The number of hydrogen-bond acceptors (Lipinski definition) is 4. The highest BCUT2D eigenvalue weighted by atomic mass is 16.2. The van der Waals surface area contributed by atoms with Gasteiger partial charge in [-0.3, -0.25) is 4.79 Å². The fourth-order valence-corrected chi connectivity index (χ4v) is 3.76. The second kappa shape index (κ2) is 6.48. The quantitative estimate of drug-likeness (QED) is 0.845. The van der Waals surface area contributed by atoms with E-state index >= 15 is 0 Å². The fraction of sp³-hybridized carbons (Fsp3) is 0.400. The Morgan fingerprint density at radius 1 is 1.04 bits per heavy atom. The predicted octanol–water partition coefficient (Wildman–Crippen LogP) is 2.55. The van der Waals surface area contributed by atoms with Gasteiger partial charge in [0.15, 0.2) is 0 Å². The second-order valence-corrected chi connectivity index (χ2v) is 7.03. The van der Waals surface area contributed by atoms with Crippen molar-refractivity contribution in [2.24, 2.45) is 0 Å². The molecule has 1 aromatic carbocycles. The number of piperazine rings is 1. The summed E-state index contributed by atoms with van der Waals surface area (Å²) in [6.07, 6.45) is 1.01. The molecule has 0 saturated carbocycles. The molecule has 25 heavy (non-hydrogen) atoms. The summed E-state index contributed by atoms with van der Waals surface area (Å²) in [6, 6.07) is 14.6. The van der Waals surface area contributed by atoms with Crippen molar-refractivity contribution in [1.82, 2.24) is 14.8 Å². The number of carbonyl (C=O) groups excluding carboxylic acids is 1. The Labute approximate surface area is 148 Å². The van der Waals surface area contributed by atoms with Crippen molar-refractivity contribution in [2.45, 2.75) is 19.4 Å². The summed E-state index contributed by atoms with van der Waals surface area (Å²) in [5, 5.41) is 0. The van der Waals surface area contributed by atoms with Gasteiger partial charge in [-0.1, -0.05) is 24.3 Å². The third kappa shape index (κ3) is 3.00. The van der Waals surface area contributed by atoms with Crippen molar-refractivity contribution in [3.8, 4) is 0 Å². The van der Waals surface area contributed by atoms with E-state index in [4.69, 9.17) is 4.98 Å². The Hall–Kier alpha value is -2.40. The molecule has 0 radical (unpaired) electrons. The molecule has 0 aliphatic carbocycles. The highest BCUT2D eigenvalue weighted by Gasteiger charge is 2.28. The van der Waals surface area contributed by atoms with Gasteiger partial charge in [0.1, 0.15) is 11.5 Å². The number of likely N-dealkylation sites (N-methyl/N-ethyl adjacent to an activating group) is 1. The first kappa shape index (κ1) is 16.1. The van der Waals surface area contributed by atoms with Crippen LogP contribution in [0.5, 0.6) is 0 Å². The number of anilines is 2. The zero-order valence-corrected chi connectivity index (χ0v) is 14.9. The fourth-order valence-electron chi connectivity index (χ4n) is 3.76. The van der Waals surface area contributed by atoms with Crippen molar-refractivity contribution >= 4 is 17.4 Å². The number of para-hydroxylation sites is 1. The van der Waals surface area contributed by atoms with Gasteiger partial charge in [0.25, 0.3) is 5.91 Å². The number of benzene rings is 1. The van der Waals surface area contributed by atoms with Crippen LogP contribution in [0.4, 0.5) is 11.5 Å². The van der Waals surface area contributed by atoms with Gasteiger partial charge in [0.2, 0.25) is 0 Å². The van der Waals surface area contributed by atoms with Crippen LogP contribution in [0, 0.1) is 0 Å². The maximum atomic E-state index is 12.8. The molecular formula is C20H24N4O. The number of rotatable bonds is 2. The van der Waals surface area contributed by atoms with E-state index in [1.807, 2.05) is 23.1 Å². The van der Waals surface area contributed by atoms with E-state index in [-0.39, 0.29) is 5.91 Å². The Morgan fingerprint density at radius 2 is 1.80 bits per heavy atom. The lowest BCUT2D eigenvalue weighted by molar-refractivity contribution is 0.0658. The summed E-state index contributed by atoms with van der Waals surface area (Å²) in [7, 11) is 2.09. The normalized spacial score (nSPS) is 20.6. The molecule has 3 heterocycles. The van der Waals surface area contributed by atoms with Crippen LogP contribution in [0.2, 0.25) is 0 Å². The van der Waals surface area contributed by atoms with Gasteiger partial charge in [0, 0.05) is 37.9 Å². The van der Waals surface area contributed by atoms with E-state index in [0.717, 1.165) is 38.4 Å². The summed E-state index contributed by atoms with van der Waals surface area (Å²) < 4.78 is 0. The molecule has 0 N–H and O–H groups in total. The number of fused-ring (bicyclic) bond motifs is 1. The molecule has 0 spiro atoms. The largest absolute Gasteiger partial charge is 0.335 e. The predicted molar refractivity (Wildman–Crippen MR) is 99.4 cm³/mol. The summed E-state index contributed by atoms with van der Waals surface area (Å²) in [6.45, 7) is 5.58. The minimum atomic E-state index is 0.0371. The van der Waals surface area contributed by atoms with Crippen LogP contribution in [0.25, 0.3) is 0 Å². The second-order valence-electron chi connectivity index (χ2n) is 7.03. The van der Waals surface area contributed by atoms with Crippen LogP contribution < -0.4 is 4.90 Å². The molecule has 1 saturated heterocycles. The SMILES string of the molecule is CC1Cc2ccccc2N1c1cccc(C(=O)N2CCN(C)CC2)n1. The van der Waals surface area contributed by atoms with Crippen LogP contribution in [0.3, 0.4) is 0 Å². The Morgan fingerprint density at radius 3 is 2.60 bits per heavy atom. The zero-order valence-electron chi connectivity index (χ0n) is 14.9. The van der Waals surface area contributed by atoms with E-state index in [9.17, 15) is 4.79 Å². The molecule has 1 amide bonds. The van der Waals surface area contributed by atoms with Crippen LogP contribution in [0.1, 0.15) is 23.0 Å². The van der Waals surface area contributed by atoms with E-state index in [0.29, 0.717) is 11.7 Å². The highest BCUT2D eigenvalue weighted by molar-refractivity contribution is 5.93. The lowest BCUT2D eigenvalue weighted by Crippen LogP contribution is -2.47. The first-order valence-electron chi connectivity index (χ1n) is 8.95. The van der Waals surface area contributed by atoms with Crippen molar-refractivity contribution in [2.75, 3.05) is 38.1 Å². The average Bonchev–Trinajstić information content (AvgIpc) is 2.97. The van der Waals surface area contributed by atoms with Crippen molar-refractivity contribution in [1.29, 1.82) is 0 Å². The lowest BCUT2D eigenvalue weighted by atomic mass is 10.1. The number of carbonyl (C=O) groups is 1. The topological polar surface area (TPSA) is 39.7 Å². The van der Waals surface area contributed by atoms with Gasteiger partial charge in [-0.05, 0) is 44.2 Å². The van der Waals surface area contributed by atoms with Gasteiger partial charge in [0.05, 0.1) is 0 Å². The number of pyridine rings is 1. The number of hydrogen-bond donors (Lipinski definition) is 0. The molecule has 5 nitrogen and oxygen atoms in total. The Balaban J connectivity index is 1.61. The van der Waals surface area contributed by atoms with Crippen molar-refractivity contribution in [3.05, 3.63) is 53.7 Å². The first-order valence-corrected chi connectivity index (χ1v) is 8.95. The molecule has 4 rings (SSSR count). The smallest absolute Gasteiger partial charge is 0.272 e. The summed E-state index contributed by atoms with van der Waals surface area (Å²) in [5.41, 5.74) is 3.08. The number of aromatic nitrogens is 1. The van der Waals surface area contributed by atoms with Gasteiger partial charge >= 0.3 is 0 Å². The van der Waals surface area contributed by atoms with Crippen LogP contribution >= 0.6 is 0 Å². The first-order chi connectivity index (χ1) is 12.1. The van der Waals surface area contributed by atoms with Crippen LogP contribution in [0.15, 0.2) is 42.5 Å². The highest BCUT2D eigenvalue weighted by Crippen LogP contribution is 2.37. The molecule has 0 bridgehead atoms. The molecule has 130 valence electrons. The molecule has 1 unspecified atom stereocenters. The minimum Gasteiger partial charge on any atom is -0.335 e. The van der Waals surface area contributed by atoms with E-state index in [1.165, 1.54) is 11.3 Å². The minimum absolute atomic E-state index is 0.0371. The molecule has 1 fully saturated rings. The third-order valence-electron chi connectivity index (χ3n) is 5.20. The molecule has 2 aliphatic rings. The van der Waals surface area contributed by atoms with E-state index in [1.54, 1.807) is 0 Å². The Kier molecular flexibility index (Phi) is 4.17. The molecule has 1 aromatic heterocycles. The maximum Gasteiger partial charge on any atom is 0.272 e. The van der Waals surface area contributed by atoms with Crippen LogP contribution in [-0.4, -0.2) is 60.0 Å². The van der Waals surface area contributed by atoms with Crippen LogP contribution in [-0.2, 0) is 6.42 Å². The van der Waals surface area contributed by atoms with E-state index < -0.39 is 0 Å². The number of nitrogens with zero attached hydrogens (tertiary/aromatic N) is 4. The molecule has 2 aromatic rings. The van der Waals surface area contributed by atoms with Crippen molar-refractivity contribution in [3.63, 3.8) is 0 Å². The maximum absolute atomic E-state index is 12.8. The summed E-state index contributed by atoms with van der Waals surface area (Å²) in [4.78, 5) is 23.9. The molecule has 2 aliphatic heterocycles. The average molecular weight is 336 g/mol. The third-order valence-corrected chi connectivity index (χ3v) is 5.20. The summed E-state index contributed by atoms with van der Waals surface area (Å²) >= 11 is 0. The standard InChI is InChI=1S/C20H24N4O/c1-15-14-16-6-3-4-8-18(16)24(15)19-9-5-7-17(21-19)20(25)23-12-10-22(2)11-13-23/h3-9,15H,10-14H2,1-2H3. The molecular weight excluding hydrogens is 312 g/mol.